The van der Waals surface area contributed by atoms with Crippen molar-refractivity contribution in [2.45, 2.75) is 76.8 Å². The SMILES string of the molecule is CC(C)[C@H](NC(=O)CNC(=O)[C@H](C)N)C(=O)N[C@H](C(=O)N[C@@H](CO)C(=O)N[C@@H](CCCN=C(N)N)C(=O)O)[C@@H](C)O. The van der Waals surface area contributed by atoms with Crippen LogP contribution in [0.2, 0.25) is 0 Å². The molecule has 18 heteroatoms. The quantitative estimate of drug-likeness (QED) is 0.0405. The normalized spacial score (nSPS) is 15.2. The summed E-state index contributed by atoms with van der Waals surface area (Å²) in [7, 11) is 0. The molecule has 18 nitrogen and oxygen atoms in total. The number of nitrogens with two attached hydrogens (primary N) is 3. The predicted molar refractivity (Wildman–Crippen MR) is 146 cm³/mol. The molecule has 0 spiro atoms. The molecule has 234 valence electrons. The minimum Gasteiger partial charge on any atom is -0.480 e. The van der Waals surface area contributed by atoms with Crippen molar-refractivity contribution in [3.05, 3.63) is 0 Å². The van der Waals surface area contributed by atoms with Gasteiger partial charge in [0.2, 0.25) is 29.5 Å². The van der Waals surface area contributed by atoms with E-state index in [1.54, 1.807) is 13.8 Å². The number of aliphatic hydroxyl groups is 2. The van der Waals surface area contributed by atoms with Gasteiger partial charge in [0.1, 0.15) is 24.2 Å². The number of carboxylic acid groups (broad SMARTS) is 1. The first-order chi connectivity index (χ1) is 19.0. The summed E-state index contributed by atoms with van der Waals surface area (Å²) in [5, 5.41) is 40.5. The molecule has 41 heavy (non-hydrogen) atoms. The smallest absolute Gasteiger partial charge is 0.326 e. The minimum atomic E-state index is -1.63. The fourth-order valence-electron chi connectivity index (χ4n) is 3.22. The van der Waals surface area contributed by atoms with Crippen LogP contribution in [0.3, 0.4) is 0 Å². The summed E-state index contributed by atoms with van der Waals surface area (Å²) < 4.78 is 0. The molecule has 0 aromatic rings. The zero-order valence-electron chi connectivity index (χ0n) is 23.5. The van der Waals surface area contributed by atoms with Crippen molar-refractivity contribution in [1.82, 2.24) is 26.6 Å². The molecule has 0 aliphatic carbocycles. The number of nitrogens with zero attached hydrogens (tertiary/aromatic N) is 1. The summed E-state index contributed by atoms with van der Waals surface area (Å²) >= 11 is 0. The highest BCUT2D eigenvalue weighted by molar-refractivity contribution is 5.96. The highest BCUT2D eigenvalue weighted by Gasteiger charge is 2.34. The summed E-state index contributed by atoms with van der Waals surface area (Å²) in [5.74, 6) is -6.31. The molecule has 0 bridgehead atoms. The van der Waals surface area contributed by atoms with Gasteiger partial charge in [-0.05, 0) is 32.6 Å². The Hall–Kier alpha value is -4.03. The number of carbonyl (C=O) groups excluding carboxylic acids is 5. The first kappa shape index (κ1) is 37.0. The molecular formula is C23H43N9O9. The zero-order valence-corrected chi connectivity index (χ0v) is 23.5. The number of guanidine groups is 1. The van der Waals surface area contributed by atoms with Gasteiger partial charge >= 0.3 is 5.97 Å². The van der Waals surface area contributed by atoms with Gasteiger partial charge in [0.15, 0.2) is 5.96 Å². The number of carbonyl (C=O) groups is 6. The average Bonchev–Trinajstić information content (AvgIpc) is 2.87. The van der Waals surface area contributed by atoms with Gasteiger partial charge in [-0.2, -0.15) is 0 Å². The van der Waals surface area contributed by atoms with Crippen LogP contribution in [0.25, 0.3) is 0 Å². The predicted octanol–water partition coefficient (Wildman–Crippen LogP) is -5.44. The van der Waals surface area contributed by atoms with E-state index in [0.29, 0.717) is 0 Å². The molecular weight excluding hydrogens is 546 g/mol. The highest BCUT2D eigenvalue weighted by Crippen LogP contribution is 2.05. The van der Waals surface area contributed by atoms with Crippen LogP contribution in [0.4, 0.5) is 0 Å². The third-order valence-corrected chi connectivity index (χ3v) is 5.54. The van der Waals surface area contributed by atoms with Crippen LogP contribution in [-0.2, 0) is 28.8 Å². The maximum atomic E-state index is 12.9. The van der Waals surface area contributed by atoms with Crippen LogP contribution >= 0.6 is 0 Å². The van der Waals surface area contributed by atoms with Crippen LogP contribution in [0.15, 0.2) is 4.99 Å². The zero-order chi connectivity index (χ0) is 31.9. The summed E-state index contributed by atoms with van der Waals surface area (Å²) in [6, 6.07) is -6.68. The maximum Gasteiger partial charge on any atom is 0.326 e. The Morgan fingerprint density at radius 1 is 0.805 bits per heavy atom. The lowest BCUT2D eigenvalue weighted by atomic mass is 10.0. The van der Waals surface area contributed by atoms with Gasteiger partial charge in [-0.3, -0.25) is 29.0 Å². The second kappa shape index (κ2) is 18.3. The third kappa shape index (κ3) is 14.3. The molecule has 6 atom stereocenters. The molecule has 0 aliphatic heterocycles. The van der Waals surface area contributed by atoms with Crippen LogP contribution in [-0.4, -0.2) is 113 Å². The van der Waals surface area contributed by atoms with Crippen molar-refractivity contribution in [3.8, 4) is 0 Å². The largest absolute Gasteiger partial charge is 0.480 e. The fraction of sp³-hybridized carbons (Fsp3) is 0.696. The van der Waals surface area contributed by atoms with Gasteiger partial charge in [-0.25, -0.2) is 4.79 Å². The van der Waals surface area contributed by atoms with E-state index in [2.05, 4.69) is 31.6 Å². The summed E-state index contributed by atoms with van der Waals surface area (Å²) in [5.41, 5.74) is 15.8. The van der Waals surface area contributed by atoms with Crippen molar-refractivity contribution in [2.75, 3.05) is 19.7 Å². The lowest BCUT2D eigenvalue weighted by Crippen LogP contribution is -2.61. The van der Waals surface area contributed by atoms with Gasteiger partial charge in [0.25, 0.3) is 0 Å². The van der Waals surface area contributed by atoms with Crippen LogP contribution in [0.1, 0.15) is 40.5 Å². The molecule has 0 aliphatic rings. The van der Waals surface area contributed by atoms with Gasteiger partial charge in [0, 0.05) is 6.54 Å². The van der Waals surface area contributed by atoms with Gasteiger partial charge in [-0.15, -0.1) is 0 Å². The lowest BCUT2D eigenvalue weighted by molar-refractivity contribution is -0.143. The summed E-state index contributed by atoms with van der Waals surface area (Å²) in [6.07, 6.45) is -1.35. The summed E-state index contributed by atoms with van der Waals surface area (Å²) in [4.78, 5) is 77.4. The van der Waals surface area contributed by atoms with E-state index in [1.807, 2.05) is 0 Å². The highest BCUT2D eigenvalue weighted by atomic mass is 16.4. The third-order valence-electron chi connectivity index (χ3n) is 5.54. The maximum absolute atomic E-state index is 12.9. The first-order valence-electron chi connectivity index (χ1n) is 12.8. The molecule has 0 saturated carbocycles. The molecule has 0 rings (SSSR count). The average molecular weight is 590 g/mol. The number of carboxylic acids is 1. The van der Waals surface area contributed by atoms with Crippen LogP contribution in [0.5, 0.6) is 0 Å². The van der Waals surface area contributed by atoms with Crippen molar-refractivity contribution < 1.29 is 44.1 Å². The van der Waals surface area contributed by atoms with Crippen molar-refractivity contribution in [1.29, 1.82) is 0 Å². The number of hydrogen-bond donors (Lipinski definition) is 11. The molecule has 5 amide bonds. The van der Waals surface area contributed by atoms with E-state index in [1.165, 1.54) is 13.8 Å². The number of nitrogens with one attached hydrogen (secondary N) is 5. The summed E-state index contributed by atoms with van der Waals surface area (Å²) in [6.45, 7) is 4.52. The van der Waals surface area contributed by atoms with E-state index in [4.69, 9.17) is 17.2 Å². The molecule has 0 fully saturated rings. The second-order valence-corrected chi connectivity index (χ2v) is 9.61. The molecule has 0 heterocycles. The van der Waals surface area contributed by atoms with E-state index in [9.17, 15) is 44.1 Å². The van der Waals surface area contributed by atoms with Gasteiger partial charge in [0.05, 0.1) is 25.3 Å². The van der Waals surface area contributed by atoms with Crippen molar-refractivity contribution in [2.24, 2.45) is 28.1 Å². The fourth-order valence-corrected chi connectivity index (χ4v) is 3.22. The second-order valence-electron chi connectivity index (χ2n) is 9.61. The Kier molecular flexibility index (Phi) is 16.5. The molecule has 0 radical (unpaired) electrons. The molecule has 0 unspecified atom stereocenters. The number of aliphatic hydroxyl groups excluding tert-OH is 2. The first-order valence-corrected chi connectivity index (χ1v) is 12.8. The van der Waals surface area contributed by atoms with Crippen molar-refractivity contribution >= 4 is 41.5 Å². The number of aliphatic carboxylic acids is 1. The number of aliphatic imine (C=N–C) groups is 1. The van der Waals surface area contributed by atoms with E-state index >= 15 is 0 Å². The molecule has 0 aromatic heterocycles. The lowest BCUT2D eigenvalue weighted by Gasteiger charge is -2.28. The minimum absolute atomic E-state index is 0.0620. The monoisotopic (exact) mass is 589 g/mol. The Labute approximate surface area is 237 Å². The molecule has 14 N–H and O–H groups in total. The van der Waals surface area contributed by atoms with Crippen LogP contribution in [0, 0.1) is 5.92 Å². The van der Waals surface area contributed by atoms with Crippen molar-refractivity contribution in [3.63, 3.8) is 0 Å². The molecule has 0 saturated heterocycles. The number of amides is 5. The van der Waals surface area contributed by atoms with E-state index in [-0.39, 0.29) is 25.3 Å². The van der Waals surface area contributed by atoms with E-state index < -0.39 is 90.9 Å². The standard InChI is InChI=1S/C23H43N9O9/c1-10(2)16(31-15(35)8-28-18(36)11(3)24)20(38)32-17(12(4)34)21(39)30-14(9-33)19(37)29-13(22(40)41)6-5-7-27-23(25)26/h10-14,16-17,33-34H,5-9,24H2,1-4H3,(H,28,36)(H,29,37)(H,30,39)(H,31,35)(H,32,38)(H,40,41)(H4,25,26,27)/t11-,12+,13-,14-,16-,17-/m0/s1. The Balaban J connectivity index is 5.37. The Morgan fingerprint density at radius 2 is 1.37 bits per heavy atom. The van der Waals surface area contributed by atoms with E-state index in [0.717, 1.165) is 0 Å². The topological polar surface area (TPSA) is 314 Å². The Morgan fingerprint density at radius 3 is 1.83 bits per heavy atom. The number of rotatable bonds is 18. The van der Waals surface area contributed by atoms with Crippen LogP contribution < -0.4 is 43.8 Å². The molecule has 0 aromatic carbocycles. The number of hydrogen-bond acceptors (Lipinski definition) is 10. The van der Waals surface area contributed by atoms with Gasteiger partial charge in [-0.1, -0.05) is 13.8 Å². The Bertz CT molecular complexity index is 953. The van der Waals surface area contributed by atoms with Gasteiger partial charge < -0.3 is 59.1 Å².